The van der Waals surface area contributed by atoms with Gasteiger partial charge in [-0.1, -0.05) is 0 Å². The van der Waals surface area contributed by atoms with Crippen LogP contribution in [0, 0.1) is 17.8 Å². The number of hydrogen-bond donors (Lipinski definition) is 2. The van der Waals surface area contributed by atoms with Crippen LogP contribution in [0.5, 0.6) is 0 Å². The summed E-state index contributed by atoms with van der Waals surface area (Å²) in [5.74, 6) is -0.548. The van der Waals surface area contributed by atoms with E-state index < -0.39 is 12.1 Å². The van der Waals surface area contributed by atoms with Gasteiger partial charge in [-0.15, -0.1) is 0 Å². The van der Waals surface area contributed by atoms with Crippen LogP contribution in [0.2, 0.25) is 0 Å². The second-order valence-corrected chi connectivity index (χ2v) is 8.75. The SMILES string of the molecule is O=C(NCC1CCOCC1)[C@H]1C[C@@H]2CCN(CC3CC3)C[C@H]2O1.O=C(O)C(F)(F)F. The lowest BCUT2D eigenvalue weighted by atomic mass is 9.91. The molecule has 2 N–H and O–H groups in total. The number of hydrogen-bond acceptors (Lipinski definition) is 5. The summed E-state index contributed by atoms with van der Waals surface area (Å²) >= 11 is 0. The maximum absolute atomic E-state index is 12.4. The Morgan fingerprint density at radius 1 is 1.07 bits per heavy atom. The fraction of sp³-hybridized carbons (Fsp3) is 0.900. The Labute approximate surface area is 174 Å². The molecule has 7 nitrogen and oxygen atoms in total. The predicted molar refractivity (Wildman–Crippen MR) is 101 cm³/mol. The highest BCUT2D eigenvalue weighted by atomic mass is 19.4. The summed E-state index contributed by atoms with van der Waals surface area (Å²) < 4.78 is 43.2. The monoisotopic (exact) mass is 436 g/mol. The number of carbonyl (C=O) groups is 2. The Morgan fingerprint density at radius 2 is 1.73 bits per heavy atom. The Hall–Kier alpha value is -1.39. The van der Waals surface area contributed by atoms with Crippen LogP contribution in [-0.4, -0.2) is 79.7 Å². The number of alkyl halides is 3. The number of aliphatic carboxylic acids is 1. The zero-order valence-corrected chi connectivity index (χ0v) is 17.0. The minimum atomic E-state index is -5.08. The fourth-order valence-corrected chi connectivity index (χ4v) is 4.30. The minimum Gasteiger partial charge on any atom is -0.475 e. The molecule has 0 bridgehead atoms. The Balaban J connectivity index is 0.000000318. The van der Waals surface area contributed by atoms with Crippen molar-refractivity contribution in [2.24, 2.45) is 17.8 Å². The summed E-state index contributed by atoms with van der Waals surface area (Å²) in [5.41, 5.74) is 0. The molecule has 0 aromatic rings. The third-order valence-corrected chi connectivity index (χ3v) is 6.29. The van der Waals surface area contributed by atoms with Crippen molar-refractivity contribution in [2.75, 3.05) is 39.4 Å². The first kappa shape index (κ1) is 23.3. The van der Waals surface area contributed by atoms with Crippen LogP contribution in [0.1, 0.15) is 38.5 Å². The molecule has 1 amide bonds. The number of carbonyl (C=O) groups excluding carboxylic acids is 1. The lowest BCUT2D eigenvalue weighted by Gasteiger charge is -2.34. The van der Waals surface area contributed by atoms with Gasteiger partial charge in [-0.2, -0.15) is 13.2 Å². The van der Waals surface area contributed by atoms with Gasteiger partial charge in [0, 0.05) is 32.8 Å². The minimum absolute atomic E-state index is 0.111. The third kappa shape index (κ3) is 7.09. The molecular formula is C20H31F3N2O5. The van der Waals surface area contributed by atoms with Crippen molar-refractivity contribution in [3.05, 3.63) is 0 Å². The van der Waals surface area contributed by atoms with Crippen LogP contribution in [-0.2, 0) is 19.1 Å². The molecule has 1 aliphatic carbocycles. The zero-order valence-electron chi connectivity index (χ0n) is 17.0. The van der Waals surface area contributed by atoms with E-state index >= 15 is 0 Å². The molecule has 0 spiro atoms. The summed E-state index contributed by atoms with van der Waals surface area (Å²) in [6.45, 7) is 5.92. The van der Waals surface area contributed by atoms with Gasteiger partial charge in [-0.25, -0.2) is 4.79 Å². The fourth-order valence-electron chi connectivity index (χ4n) is 4.30. The van der Waals surface area contributed by atoms with Crippen molar-refractivity contribution in [2.45, 2.75) is 56.9 Å². The molecule has 4 fully saturated rings. The number of likely N-dealkylation sites (tertiary alicyclic amines) is 1. The second-order valence-electron chi connectivity index (χ2n) is 8.75. The number of rotatable bonds is 5. The number of nitrogens with zero attached hydrogens (tertiary/aromatic N) is 1. The van der Waals surface area contributed by atoms with E-state index in [2.05, 4.69) is 10.2 Å². The van der Waals surface area contributed by atoms with Crippen molar-refractivity contribution < 1.29 is 37.3 Å². The molecule has 3 atom stereocenters. The van der Waals surface area contributed by atoms with E-state index in [1.807, 2.05) is 0 Å². The Morgan fingerprint density at radius 3 is 2.33 bits per heavy atom. The Bertz CT molecular complexity index is 593. The summed E-state index contributed by atoms with van der Waals surface area (Å²) in [6.07, 6.45) is 2.03. The summed E-state index contributed by atoms with van der Waals surface area (Å²) in [6, 6.07) is 0. The summed E-state index contributed by atoms with van der Waals surface area (Å²) in [7, 11) is 0. The van der Waals surface area contributed by atoms with Crippen molar-refractivity contribution >= 4 is 11.9 Å². The molecule has 1 saturated carbocycles. The van der Waals surface area contributed by atoms with Gasteiger partial charge in [0.05, 0.1) is 6.10 Å². The van der Waals surface area contributed by atoms with E-state index in [1.165, 1.54) is 32.4 Å². The van der Waals surface area contributed by atoms with Crippen molar-refractivity contribution in [3.8, 4) is 0 Å². The first-order valence-electron chi connectivity index (χ1n) is 10.8. The van der Waals surface area contributed by atoms with Crippen LogP contribution < -0.4 is 5.32 Å². The highest BCUT2D eigenvalue weighted by Gasteiger charge is 2.42. The first-order chi connectivity index (χ1) is 14.2. The van der Waals surface area contributed by atoms with Gasteiger partial charge in [0.25, 0.3) is 0 Å². The number of carboxylic acid groups (broad SMARTS) is 1. The van der Waals surface area contributed by atoms with Crippen molar-refractivity contribution in [3.63, 3.8) is 0 Å². The lowest BCUT2D eigenvalue weighted by Crippen LogP contribution is -2.43. The highest BCUT2D eigenvalue weighted by molar-refractivity contribution is 5.81. The molecule has 0 aromatic carbocycles. The molecule has 0 unspecified atom stereocenters. The lowest BCUT2D eigenvalue weighted by molar-refractivity contribution is -0.192. The van der Waals surface area contributed by atoms with Gasteiger partial charge in [0.1, 0.15) is 6.10 Å². The van der Waals surface area contributed by atoms with Crippen LogP contribution >= 0.6 is 0 Å². The topological polar surface area (TPSA) is 88.1 Å². The van der Waals surface area contributed by atoms with E-state index in [4.69, 9.17) is 19.4 Å². The Kier molecular flexibility index (Phi) is 7.98. The molecule has 0 radical (unpaired) electrons. The predicted octanol–water partition coefficient (Wildman–Crippen LogP) is 2.05. The largest absolute Gasteiger partial charge is 0.490 e. The molecule has 3 heterocycles. The highest BCUT2D eigenvalue weighted by Crippen LogP contribution is 2.36. The molecule has 4 rings (SSSR count). The average Bonchev–Trinajstić information content (AvgIpc) is 3.41. The number of nitrogens with one attached hydrogen (secondary N) is 1. The smallest absolute Gasteiger partial charge is 0.475 e. The van der Waals surface area contributed by atoms with E-state index in [1.54, 1.807) is 0 Å². The molecule has 10 heteroatoms. The molecule has 0 aromatic heterocycles. The van der Waals surface area contributed by atoms with Gasteiger partial charge in [-0.05, 0) is 62.8 Å². The number of ether oxygens (including phenoxy) is 2. The van der Waals surface area contributed by atoms with Gasteiger partial charge in [0.15, 0.2) is 0 Å². The molecule has 30 heavy (non-hydrogen) atoms. The van der Waals surface area contributed by atoms with Crippen molar-refractivity contribution in [1.29, 1.82) is 0 Å². The number of piperidine rings is 1. The van der Waals surface area contributed by atoms with E-state index in [-0.39, 0.29) is 18.1 Å². The second kappa shape index (κ2) is 10.3. The van der Waals surface area contributed by atoms with E-state index in [0.29, 0.717) is 11.8 Å². The van der Waals surface area contributed by atoms with Crippen LogP contribution in [0.25, 0.3) is 0 Å². The van der Waals surface area contributed by atoms with Crippen LogP contribution in [0.4, 0.5) is 13.2 Å². The number of fused-ring (bicyclic) bond motifs is 1. The molecule has 3 aliphatic heterocycles. The molecule has 4 aliphatic rings. The van der Waals surface area contributed by atoms with Gasteiger partial charge in [-0.3, -0.25) is 4.79 Å². The van der Waals surface area contributed by atoms with Gasteiger partial charge >= 0.3 is 12.1 Å². The number of amides is 1. The maximum atomic E-state index is 12.4. The quantitative estimate of drug-likeness (QED) is 0.686. The maximum Gasteiger partial charge on any atom is 0.490 e. The summed E-state index contributed by atoms with van der Waals surface area (Å²) in [4.78, 5) is 23.9. The van der Waals surface area contributed by atoms with Crippen molar-refractivity contribution in [1.82, 2.24) is 10.2 Å². The summed E-state index contributed by atoms with van der Waals surface area (Å²) in [5, 5.41) is 10.2. The van der Waals surface area contributed by atoms with Crippen LogP contribution in [0.3, 0.4) is 0 Å². The normalized spacial score (nSPS) is 30.2. The van der Waals surface area contributed by atoms with Crippen LogP contribution in [0.15, 0.2) is 0 Å². The van der Waals surface area contributed by atoms with E-state index in [9.17, 15) is 18.0 Å². The molecular weight excluding hydrogens is 405 g/mol. The molecule has 172 valence electrons. The number of carboxylic acids is 1. The first-order valence-corrected chi connectivity index (χ1v) is 10.8. The number of halogens is 3. The van der Waals surface area contributed by atoms with Gasteiger partial charge in [0.2, 0.25) is 5.91 Å². The average molecular weight is 436 g/mol. The standard InChI is InChI=1S/C18H30N2O3.C2HF3O2/c21-18(19-10-13-4-7-22-8-5-13)16-9-15-3-6-20(11-14-1-2-14)12-17(15)23-16;3-2(4,5)1(6)7/h13-17H,1-12H2,(H,19,21);(H,6,7)/t15-,16+,17+;/m0./s1. The molecule has 3 saturated heterocycles. The van der Waals surface area contributed by atoms with E-state index in [0.717, 1.165) is 51.5 Å². The van der Waals surface area contributed by atoms with Gasteiger partial charge < -0.3 is 24.8 Å². The zero-order chi connectivity index (χ0) is 21.7. The third-order valence-electron chi connectivity index (χ3n) is 6.29.